The molecular weight excluding hydrogens is 717 g/mol. The highest BCUT2D eigenvalue weighted by Crippen LogP contribution is 2.50. The molecule has 12 nitrogen and oxygen atoms in total. The number of nitrogen functional groups attached to an aromatic ring is 1. The fourth-order valence-electron chi connectivity index (χ4n) is 6.53. The molecule has 0 radical (unpaired) electrons. The van der Waals surface area contributed by atoms with Crippen LogP contribution in [0.3, 0.4) is 0 Å². The molecule has 1 fully saturated rings. The topological polar surface area (TPSA) is 186 Å². The Morgan fingerprint density at radius 3 is 2.00 bits per heavy atom. The molecule has 0 spiro atoms. The van der Waals surface area contributed by atoms with Crippen LogP contribution in [-0.2, 0) is 30.9 Å². The first-order chi connectivity index (χ1) is 24.6. The van der Waals surface area contributed by atoms with E-state index in [1.165, 1.54) is 34.1 Å². The van der Waals surface area contributed by atoms with E-state index in [9.17, 15) is 23.9 Å². The van der Waals surface area contributed by atoms with Crippen molar-refractivity contribution in [2.75, 3.05) is 11.4 Å². The summed E-state index contributed by atoms with van der Waals surface area (Å²) < 4.78 is 18.8. The Bertz CT molecular complexity index is 1940. The predicted octanol–water partition coefficient (Wildman–Crippen LogP) is 6.26. The zero-order valence-electron chi connectivity index (χ0n) is 29.7. The number of nitrogens with one attached hydrogen (secondary N) is 2. The van der Waals surface area contributed by atoms with E-state index in [0.717, 1.165) is 5.56 Å². The Morgan fingerprint density at radius 2 is 1.47 bits per heavy atom. The molecule has 4 aromatic rings. The molecule has 3 atom stereocenters. The standard InChI is InChI=1S/C39H44N5O7P.ClH/c1-38(2,3)51-37(47)44(31-18-11-6-12-19-31)39(30-16-9-5-10-17-30,26-27-14-7-4-8-15-27)36(46)43-25-13-20-32(43)34(45)42-35(52(48,49)50)29-23-21-28(22-24-29)33(40)41;/h4-12,14-19,21-24,32,35H,13,20,25-26H2,1-3H3,(H3,40,41)(H,42,45)(H2,48,49,50);1H/t32-,35?,39-;/m0./s1. The number of carbonyl (C=O) groups is 3. The highest BCUT2D eigenvalue weighted by Gasteiger charge is 2.54. The van der Waals surface area contributed by atoms with E-state index in [0.29, 0.717) is 23.2 Å². The molecule has 1 unspecified atom stereocenters. The van der Waals surface area contributed by atoms with Crippen LogP contribution >= 0.6 is 20.0 Å². The van der Waals surface area contributed by atoms with Gasteiger partial charge in [-0.3, -0.25) is 24.5 Å². The first kappa shape index (κ1) is 40.8. The summed E-state index contributed by atoms with van der Waals surface area (Å²) in [6.07, 6.45) is -0.139. The molecule has 6 N–H and O–H groups in total. The minimum atomic E-state index is -4.98. The predicted molar refractivity (Wildman–Crippen MR) is 206 cm³/mol. The third kappa shape index (κ3) is 9.33. The molecule has 3 amide bonds. The number of amides is 3. The molecule has 280 valence electrons. The average Bonchev–Trinajstić information content (AvgIpc) is 3.60. The summed E-state index contributed by atoms with van der Waals surface area (Å²) >= 11 is 0. The Hall–Kier alpha value is -5.00. The Kier molecular flexibility index (Phi) is 12.9. The van der Waals surface area contributed by atoms with Gasteiger partial charge in [-0.15, -0.1) is 12.4 Å². The highest BCUT2D eigenvalue weighted by atomic mass is 35.5. The second-order valence-electron chi connectivity index (χ2n) is 13.7. The molecule has 14 heteroatoms. The summed E-state index contributed by atoms with van der Waals surface area (Å²) in [4.78, 5) is 67.8. The van der Waals surface area contributed by atoms with Gasteiger partial charge in [-0.05, 0) is 62.4 Å². The molecule has 1 aliphatic heterocycles. The van der Waals surface area contributed by atoms with Gasteiger partial charge in [0.2, 0.25) is 5.91 Å². The van der Waals surface area contributed by atoms with Gasteiger partial charge in [-0.2, -0.15) is 0 Å². The number of nitrogens with zero attached hydrogens (tertiary/aromatic N) is 2. The van der Waals surface area contributed by atoms with Crippen molar-refractivity contribution in [1.29, 1.82) is 5.41 Å². The van der Waals surface area contributed by atoms with Crippen LogP contribution in [0.5, 0.6) is 0 Å². The number of likely N-dealkylation sites (tertiary alicyclic amines) is 1. The van der Waals surface area contributed by atoms with Gasteiger partial charge in [0.15, 0.2) is 11.3 Å². The molecule has 0 saturated carbocycles. The number of halogens is 1. The van der Waals surface area contributed by atoms with Crippen LogP contribution < -0.4 is 16.0 Å². The number of para-hydroxylation sites is 1. The van der Waals surface area contributed by atoms with Crippen LogP contribution in [0.4, 0.5) is 10.5 Å². The molecule has 5 rings (SSSR count). The van der Waals surface area contributed by atoms with Gasteiger partial charge in [0, 0.05) is 24.2 Å². The number of ether oxygens (including phenoxy) is 1. The fraction of sp³-hybridized carbons (Fsp3) is 0.282. The van der Waals surface area contributed by atoms with Crippen molar-refractivity contribution in [2.45, 2.75) is 63.0 Å². The molecule has 1 heterocycles. The molecule has 4 aromatic carbocycles. The third-order valence-corrected chi connectivity index (χ3v) is 9.95. The molecular formula is C39H45ClN5O7P. The van der Waals surface area contributed by atoms with E-state index in [2.05, 4.69) is 5.32 Å². The number of carbonyl (C=O) groups excluding carboxylic acids is 3. The van der Waals surface area contributed by atoms with E-state index >= 15 is 4.79 Å². The second kappa shape index (κ2) is 16.8. The van der Waals surface area contributed by atoms with Crippen LogP contribution in [-0.4, -0.2) is 56.6 Å². The van der Waals surface area contributed by atoms with E-state index in [-0.39, 0.29) is 43.2 Å². The minimum Gasteiger partial charge on any atom is -0.443 e. The van der Waals surface area contributed by atoms with Gasteiger partial charge < -0.3 is 30.5 Å². The quantitative estimate of drug-likeness (QED) is 0.0674. The van der Waals surface area contributed by atoms with E-state index in [1.807, 2.05) is 30.3 Å². The van der Waals surface area contributed by atoms with Gasteiger partial charge >= 0.3 is 13.7 Å². The fourth-order valence-corrected chi connectivity index (χ4v) is 7.39. The zero-order valence-corrected chi connectivity index (χ0v) is 31.4. The van der Waals surface area contributed by atoms with Gasteiger partial charge in [0.1, 0.15) is 17.5 Å². The minimum absolute atomic E-state index is 0. The zero-order chi connectivity index (χ0) is 37.7. The summed E-state index contributed by atoms with van der Waals surface area (Å²) in [7, 11) is -4.98. The van der Waals surface area contributed by atoms with E-state index < -0.39 is 48.5 Å². The number of benzene rings is 4. The molecule has 1 saturated heterocycles. The van der Waals surface area contributed by atoms with Gasteiger partial charge in [0.05, 0.1) is 0 Å². The van der Waals surface area contributed by atoms with Gasteiger partial charge in [0.25, 0.3) is 5.91 Å². The third-order valence-electron chi connectivity index (χ3n) is 8.85. The molecule has 1 aliphatic rings. The summed E-state index contributed by atoms with van der Waals surface area (Å²) in [6.45, 7) is 5.36. The van der Waals surface area contributed by atoms with Crippen molar-refractivity contribution in [2.24, 2.45) is 5.73 Å². The summed E-state index contributed by atoms with van der Waals surface area (Å²) in [5, 5.41) is 10.2. The maximum atomic E-state index is 15.6. The maximum Gasteiger partial charge on any atom is 0.416 e. The lowest BCUT2D eigenvalue weighted by Crippen LogP contribution is -2.63. The van der Waals surface area contributed by atoms with Crippen LogP contribution in [0.1, 0.15) is 61.6 Å². The first-order valence-corrected chi connectivity index (χ1v) is 18.6. The van der Waals surface area contributed by atoms with Crippen molar-refractivity contribution < 1.29 is 33.5 Å². The smallest absolute Gasteiger partial charge is 0.416 e. The lowest BCUT2D eigenvalue weighted by molar-refractivity contribution is -0.143. The summed E-state index contributed by atoms with van der Waals surface area (Å²) in [5.74, 6) is -3.28. The maximum absolute atomic E-state index is 15.6. The van der Waals surface area contributed by atoms with Crippen molar-refractivity contribution in [1.82, 2.24) is 10.2 Å². The van der Waals surface area contributed by atoms with E-state index in [1.54, 1.807) is 81.4 Å². The van der Waals surface area contributed by atoms with Crippen LogP contribution in [0.15, 0.2) is 115 Å². The molecule has 0 aromatic heterocycles. The van der Waals surface area contributed by atoms with Gasteiger partial charge in [-0.25, -0.2) is 4.79 Å². The number of hydrogen-bond acceptors (Lipinski definition) is 6. The monoisotopic (exact) mass is 761 g/mol. The number of amidine groups is 1. The second-order valence-corrected chi connectivity index (χ2v) is 15.4. The summed E-state index contributed by atoms with van der Waals surface area (Å²) in [6, 6.07) is 31.4. The van der Waals surface area contributed by atoms with Crippen molar-refractivity contribution in [3.05, 3.63) is 138 Å². The lowest BCUT2D eigenvalue weighted by atomic mass is 9.80. The van der Waals surface area contributed by atoms with Crippen molar-refractivity contribution in [3.8, 4) is 0 Å². The Labute approximate surface area is 315 Å². The Balaban J connectivity index is 0.00000627. The highest BCUT2D eigenvalue weighted by molar-refractivity contribution is 7.52. The van der Waals surface area contributed by atoms with Gasteiger partial charge in [-0.1, -0.05) is 103 Å². The van der Waals surface area contributed by atoms with Crippen LogP contribution in [0.25, 0.3) is 0 Å². The lowest BCUT2D eigenvalue weighted by Gasteiger charge is -2.46. The van der Waals surface area contributed by atoms with Crippen LogP contribution in [0.2, 0.25) is 0 Å². The number of anilines is 1. The first-order valence-electron chi connectivity index (χ1n) is 16.9. The largest absolute Gasteiger partial charge is 0.443 e. The normalized spacial score (nSPS) is 16.0. The molecule has 0 bridgehead atoms. The number of rotatable bonds is 11. The van der Waals surface area contributed by atoms with Crippen molar-refractivity contribution in [3.63, 3.8) is 0 Å². The van der Waals surface area contributed by atoms with E-state index in [4.69, 9.17) is 15.9 Å². The van der Waals surface area contributed by atoms with Crippen LogP contribution in [0, 0.1) is 5.41 Å². The summed E-state index contributed by atoms with van der Waals surface area (Å²) in [5.41, 5.74) is 4.88. The Morgan fingerprint density at radius 1 is 0.925 bits per heavy atom. The van der Waals surface area contributed by atoms with Crippen molar-refractivity contribution >= 4 is 49.4 Å². The average molecular weight is 762 g/mol. The number of nitrogens with two attached hydrogens (primary N) is 1. The molecule has 53 heavy (non-hydrogen) atoms. The number of hydrogen-bond donors (Lipinski definition) is 5. The molecule has 0 aliphatic carbocycles. The SMILES string of the molecule is CC(C)(C)OC(=O)N(c1ccccc1)[C@](Cc1ccccc1)(C(=O)N1CCC[C@H]1C(=O)NC(c1ccc(C(=N)N)cc1)P(=O)(O)O)c1ccccc1.Cl.